The molecule has 27 heavy (non-hydrogen) atoms. The molecule has 0 bridgehead atoms. The van der Waals surface area contributed by atoms with Crippen molar-refractivity contribution in [2.45, 2.75) is 5.38 Å². The van der Waals surface area contributed by atoms with E-state index in [2.05, 4.69) is 19.8 Å². The molecule has 0 spiro atoms. The summed E-state index contributed by atoms with van der Waals surface area (Å²) in [5.41, 5.74) is 0.485. The van der Waals surface area contributed by atoms with E-state index in [0.717, 1.165) is 12.1 Å². The van der Waals surface area contributed by atoms with Gasteiger partial charge in [-0.15, -0.1) is 0 Å². The molecule has 0 saturated heterocycles. The molecule has 1 atom stereocenters. The van der Waals surface area contributed by atoms with Gasteiger partial charge in [-0.3, -0.25) is 4.57 Å². The second-order valence-corrected chi connectivity index (χ2v) is 8.70. The average Bonchev–Trinajstić information content (AvgIpc) is 3.08. The Kier molecular flexibility index (Phi) is 5.01. The molecule has 1 aromatic heterocycles. The highest BCUT2D eigenvalue weighted by Crippen LogP contribution is 2.41. The Morgan fingerprint density at radius 1 is 1.11 bits per heavy atom. The molecule has 0 fully saturated rings. The Morgan fingerprint density at radius 2 is 1.78 bits per heavy atom. The fourth-order valence-corrected chi connectivity index (χ4v) is 3.78. The van der Waals surface area contributed by atoms with Gasteiger partial charge in [0.15, 0.2) is 18.9 Å². The highest BCUT2D eigenvalue weighted by Gasteiger charge is 2.35. The van der Waals surface area contributed by atoms with Gasteiger partial charge in [0.2, 0.25) is 5.82 Å². The monoisotopic (exact) mass is 419 g/mol. The second-order valence-electron chi connectivity index (χ2n) is 5.63. The number of alkyl halides is 3. The van der Waals surface area contributed by atoms with Crippen molar-refractivity contribution in [1.29, 1.82) is 0 Å². The first kappa shape index (κ1) is 19.4. The number of halogens is 5. The Balaban J connectivity index is 1.82. The molecule has 0 aliphatic heterocycles. The molecule has 0 radical (unpaired) electrons. The lowest BCUT2D eigenvalue weighted by molar-refractivity contribution is 0.0551. The quantitative estimate of drug-likeness (QED) is 0.360. The molecule has 142 valence electrons. The van der Waals surface area contributed by atoms with Crippen LogP contribution in [0, 0.1) is 11.6 Å². The highest BCUT2D eigenvalue weighted by atomic mass is 35.5. The molecular formula is C16H11ClF4N3O2P. The van der Waals surface area contributed by atoms with E-state index in [1.54, 1.807) is 0 Å². The number of hydrogen-bond acceptors (Lipinski definition) is 4. The zero-order valence-electron chi connectivity index (χ0n) is 13.6. The Bertz CT molecular complexity index is 1020. The predicted molar refractivity (Wildman–Crippen MR) is 92.6 cm³/mol. The van der Waals surface area contributed by atoms with E-state index >= 15 is 0 Å². The van der Waals surface area contributed by atoms with Crippen LogP contribution < -0.4 is 10.4 Å². The standard InChI is InChI=1S/C16H11ClF4N3O2P/c1-27(25,24-10-4-7-12(18)13(19)8-10)11-5-2-9(3-6-11)14-22-15(26-23-14)16(17,20)21/h2-8H,1H3,(H,24,25). The molecule has 3 aromatic rings. The number of nitrogens with zero attached hydrogens (tertiary/aromatic N) is 2. The highest BCUT2D eigenvalue weighted by molar-refractivity contribution is 7.72. The van der Waals surface area contributed by atoms with Gasteiger partial charge in [0.05, 0.1) is 0 Å². The molecule has 0 amide bonds. The molecule has 1 heterocycles. The molecule has 0 aliphatic carbocycles. The van der Waals surface area contributed by atoms with Crippen LogP contribution in [0.4, 0.5) is 23.2 Å². The van der Waals surface area contributed by atoms with Crippen LogP contribution in [0.15, 0.2) is 47.0 Å². The van der Waals surface area contributed by atoms with E-state index in [0.29, 0.717) is 10.9 Å². The van der Waals surface area contributed by atoms with Gasteiger partial charge >= 0.3 is 11.3 Å². The largest absolute Gasteiger partial charge is 0.400 e. The lowest BCUT2D eigenvalue weighted by Crippen LogP contribution is -2.10. The summed E-state index contributed by atoms with van der Waals surface area (Å²) in [5, 5.41) is 2.67. The summed E-state index contributed by atoms with van der Waals surface area (Å²) in [6, 6.07) is 8.93. The summed E-state index contributed by atoms with van der Waals surface area (Å²) in [7, 11) is -3.18. The van der Waals surface area contributed by atoms with Crippen molar-refractivity contribution in [1.82, 2.24) is 10.1 Å². The third-order valence-corrected chi connectivity index (χ3v) is 5.68. The predicted octanol–water partition coefficient (Wildman–Crippen LogP) is 4.95. The molecule has 5 nitrogen and oxygen atoms in total. The molecule has 0 saturated carbocycles. The third-order valence-electron chi connectivity index (χ3n) is 3.55. The van der Waals surface area contributed by atoms with Crippen molar-refractivity contribution in [2.24, 2.45) is 0 Å². The fraction of sp³-hybridized carbons (Fsp3) is 0.125. The first-order chi connectivity index (χ1) is 12.6. The topological polar surface area (TPSA) is 68.0 Å². The first-order valence-corrected chi connectivity index (χ1v) is 9.92. The summed E-state index contributed by atoms with van der Waals surface area (Å²) in [5.74, 6) is -3.24. The molecule has 11 heteroatoms. The van der Waals surface area contributed by atoms with Gasteiger partial charge in [0.25, 0.3) is 0 Å². The number of hydrogen-bond donors (Lipinski definition) is 1. The van der Waals surface area contributed by atoms with E-state index in [9.17, 15) is 22.1 Å². The molecule has 1 N–H and O–H groups in total. The van der Waals surface area contributed by atoms with Crippen molar-refractivity contribution in [3.63, 3.8) is 0 Å². The summed E-state index contributed by atoms with van der Waals surface area (Å²) in [6.07, 6.45) is 0. The second kappa shape index (κ2) is 6.98. The lowest BCUT2D eigenvalue weighted by Gasteiger charge is -2.17. The van der Waals surface area contributed by atoms with Crippen LogP contribution in [-0.2, 0) is 9.95 Å². The van der Waals surface area contributed by atoms with Gasteiger partial charge in [-0.1, -0.05) is 17.3 Å². The maximum atomic E-state index is 13.3. The van der Waals surface area contributed by atoms with E-state index in [4.69, 9.17) is 11.6 Å². The fourth-order valence-electron chi connectivity index (χ4n) is 2.23. The number of aromatic nitrogens is 2. The number of nitrogens with one attached hydrogen (secondary N) is 1. The zero-order valence-corrected chi connectivity index (χ0v) is 15.2. The molecular weight excluding hydrogens is 409 g/mol. The van der Waals surface area contributed by atoms with Gasteiger partial charge in [0.1, 0.15) is 0 Å². The smallest absolute Gasteiger partial charge is 0.333 e. The summed E-state index contributed by atoms with van der Waals surface area (Å²) in [4.78, 5) is 3.51. The van der Waals surface area contributed by atoms with Gasteiger partial charge in [-0.2, -0.15) is 13.8 Å². The maximum absolute atomic E-state index is 13.3. The normalized spacial score (nSPS) is 14.0. The third kappa shape index (κ3) is 4.31. The van der Waals surface area contributed by atoms with Crippen LogP contribution in [0.5, 0.6) is 0 Å². The average molecular weight is 420 g/mol. The first-order valence-electron chi connectivity index (χ1n) is 7.39. The minimum Gasteiger partial charge on any atom is -0.333 e. The van der Waals surface area contributed by atoms with E-state index in [1.165, 1.54) is 37.0 Å². The van der Waals surface area contributed by atoms with Crippen molar-refractivity contribution < 1.29 is 26.6 Å². The van der Waals surface area contributed by atoms with E-state index in [1.807, 2.05) is 0 Å². The van der Waals surface area contributed by atoms with Crippen LogP contribution in [-0.4, -0.2) is 16.8 Å². The van der Waals surface area contributed by atoms with Gasteiger partial charge in [-0.25, -0.2) is 8.78 Å². The van der Waals surface area contributed by atoms with Crippen molar-refractivity contribution in [2.75, 3.05) is 11.8 Å². The summed E-state index contributed by atoms with van der Waals surface area (Å²) in [6.45, 7) is 1.41. The lowest BCUT2D eigenvalue weighted by atomic mass is 10.2. The van der Waals surface area contributed by atoms with Crippen molar-refractivity contribution in [3.05, 3.63) is 60.0 Å². The van der Waals surface area contributed by atoms with Gasteiger partial charge in [0, 0.05) is 29.3 Å². The van der Waals surface area contributed by atoms with Gasteiger partial charge in [-0.05, 0) is 35.9 Å². The van der Waals surface area contributed by atoms with Crippen molar-refractivity contribution in [3.8, 4) is 11.4 Å². The van der Waals surface area contributed by atoms with Crippen LogP contribution >= 0.6 is 18.9 Å². The zero-order chi connectivity index (χ0) is 19.8. The number of anilines is 1. The number of rotatable bonds is 5. The minimum atomic E-state index is -3.78. The Morgan fingerprint density at radius 3 is 2.33 bits per heavy atom. The summed E-state index contributed by atoms with van der Waals surface area (Å²) >= 11 is 4.82. The summed E-state index contributed by atoms with van der Waals surface area (Å²) < 4.78 is 69.4. The molecule has 1 unspecified atom stereocenters. The Hall–Kier alpha value is -2.38. The van der Waals surface area contributed by atoms with E-state index in [-0.39, 0.29) is 11.5 Å². The number of benzene rings is 2. The van der Waals surface area contributed by atoms with Crippen LogP contribution in [0.2, 0.25) is 0 Å². The van der Waals surface area contributed by atoms with Crippen LogP contribution in [0.3, 0.4) is 0 Å². The van der Waals surface area contributed by atoms with Crippen molar-refractivity contribution >= 4 is 29.9 Å². The van der Waals surface area contributed by atoms with Crippen LogP contribution in [0.25, 0.3) is 11.4 Å². The molecule has 3 rings (SSSR count). The molecule has 2 aromatic carbocycles. The van der Waals surface area contributed by atoms with E-state index < -0.39 is 30.2 Å². The Labute approximate surface area is 155 Å². The SMILES string of the molecule is CP(=O)(Nc1ccc(F)c(F)c1)c1ccc(-c2noc(C(F)(F)Cl)n2)cc1. The van der Waals surface area contributed by atoms with Crippen LogP contribution in [0.1, 0.15) is 5.89 Å². The minimum absolute atomic E-state index is 0.114. The van der Waals surface area contributed by atoms with Gasteiger partial charge < -0.3 is 9.61 Å². The molecule has 0 aliphatic rings. The maximum Gasteiger partial charge on any atom is 0.400 e.